The van der Waals surface area contributed by atoms with E-state index < -0.39 is 0 Å². The van der Waals surface area contributed by atoms with Gasteiger partial charge in [-0.25, -0.2) is 0 Å². The topological polar surface area (TPSA) is 46.2 Å². The van der Waals surface area contributed by atoms with Gasteiger partial charge in [0, 0.05) is 35.1 Å². The molecule has 146 valence electrons. The molecule has 3 heterocycles. The lowest BCUT2D eigenvalue weighted by atomic mass is 9.81. The van der Waals surface area contributed by atoms with Gasteiger partial charge in [0.15, 0.2) is 17.3 Å². The minimum Gasteiger partial charge on any atom is -0.493 e. The first-order valence-corrected chi connectivity index (χ1v) is 9.66. The molecular formula is C23H24O5. The molecular weight excluding hydrogens is 356 g/mol. The summed E-state index contributed by atoms with van der Waals surface area (Å²) in [6.45, 7) is 6.09. The highest BCUT2D eigenvalue weighted by Gasteiger charge is 2.41. The Labute approximate surface area is 164 Å². The smallest absolute Gasteiger partial charge is 0.169 e. The second kappa shape index (κ2) is 6.45. The number of ether oxygens (including phenoxy) is 5. The average molecular weight is 380 g/mol. The standard InChI is InChI=1S/C23H24O5/c1-12(2)18-9-16-17(27-18)6-5-13-7-14-15-8-20(24-3)21(25-4)10-19(15)26-11-22(14)28-23(13)16/h7-8,10-11,13,17-18H,1,5-6,9H2,2-4H3. The Bertz CT molecular complexity index is 952. The van der Waals surface area contributed by atoms with Crippen molar-refractivity contribution in [2.45, 2.75) is 38.4 Å². The van der Waals surface area contributed by atoms with Crippen molar-refractivity contribution in [1.82, 2.24) is 0 Å². The molecule has 0 spiro atoms. The predicted molar refractivity (Wildman–Crippen MR) is 105 cm³/mol. The van der Waals surface area contributed by atoms with Crippen LogP contribution in [0.25, 0.3) is 5.57 Å². The molecule has 0 amide bonds. The summed E-state index contributed by atoms with van der Waals surface area (Å²) < 4.78 is 29.3. The normalized spacial score (nSPS) is 27.2. The molecule has 0 bridgehead atoms. The molecule has 5 nitrogen and oxygen atoms in total. The Morgan fingerprint density at radius 1 is 1.14 bits per heavy atom. The summed E-state index contributed by atoms with van der Waals surface area (Å²) in [5, 5.41) is 0. The number of hydrogen-bond donors (Lipinski definition) is 0. The van der Waals surface area contributed by atoms with E-state index in [1.54, 1.807) is 20.5 Å². The first-order valence-electron chi connectivity index (χ1n) is 9.66. The number of benzene rings is 1. The van der Waals surface area contributed by atoms with Crippen molar-refractivity contribution >= 4 is 5.57 Å². The third-order valence-electron chi connectivity index (χ3n) is 5.99. The maximum absolute atomic E-state index is 6.39. The van der Waals surface area contributed by atoms with Gasteiger partial charge in [0.25, 0.3) is 0 Å². The van der Waals surface area contributed by atoms with Gasteiger partial charge < -0.3 is 23.7 Å². The first kappa shape index (κ1) is 17.4. The van der Waals surface area contributed by atoms with Crippen molar-refractivity contribution < 1.29 is 23.7 Å². The van der Waals surface area contributed by atoms with Gasteiger partial charge in [0.1, 0.15) is 17.8 Å². The molecule has 3 atom stereocenters. The molecule has 0 saturated carbocycles. The summed E-state index contributed by atoms with van der Waals surface area (Å²) >= 11 is 0. The maximum atomic E-state index is 6.39. The van der Waals surface area contributed by atoms with E-state index in [1.807, 2.05) is 19.1 Å². The van der Waals surface area contributed by atoms with E-state index in [2.05, 4.69) is 12.7 Å². The Kier molecular flexibility index (Phi) is 4.02. The summed E-state index contributed by atoms with van der Waals surface area (Å²) in [5.74, 6) is 4.08. The lowest BCUT2D eigenvalue weighted by Crippen LogP contribution is -2.25. The van der Waals surface area contributed by atoms with Crippen molar-refractivity contribution in [3.05, 3.63) is 59.3 Å². The lowest BCUT2D eigenvalue weighted by molar-refractivity contribution is 0.0587. The molecule has 1 aliphatic carbocycles. The number of allylic oxidation sites excluding steroid dienone is 2. The molecule has 1 fully saturated rings. The van der Waals surface area contributed by atoms with Crippen LogP contribution >= 0.6 is 0 Å². The second-order valence-electron chi connectivity index (χ2n) is 7.72. The second-order valence-corrected chi connectivity index (χ2v) is 7.72. The zero-order chi connectivity index (χ0) is 19.4. The van der Waals surface area contributed by atoms with E-state index in [-0.39, 0.29) is 18.1 Å². The van der Waals surface area contributed by atoms with E-state index in [4.69, 9.17) is 23.7 Å². The third kappa shape index (κ3) is 2.57. The average Bonchev–Trinajstić information content (AvgIpc) is 3.16. The summed E-state index contributed by atoms with van der Waals surface area (Å²) in [6, 6.07) is 3.81. The molecule has 1 aromatic rings. The SMILES string of the molecule is C=C(C)C1CC2=C3OC4=COc5cc(OC)c(OC)cc5C4=CC3CCC2O1. The predicted octanol–water partition coefficient (Wildman–Crippen LogP) is 4.75. The van der Waals surface area contributed by atoms with Crippen LogP contribution in [0.2, 0.25) is 0 Å². The quantitative estimate of drug-likeness (QED) is 0.708. The molecule has 5 heteroatoms. The van der Waals surface area contributed by atoms with Crippen LogP contribution in [0.15, 0.2) is 53.7 Å². The number of rotatable bonds is 3. The Morgan fingerprint density at radius 2 is 1.93 bits per heavy atom. The summed E-state index contributed by atoms with van der Waals surface area (Å²) in [5.41, 5.74) is 4.36. The van der Waals surface area contributed by atoms with Crippen LogP contribution in [0.4, 0.5) is 0 Å². The van der Waals surface area contributed by atoms with Crippen molar-refractivity contribution in [3.63, 3.8) is 0 Å². The highest BCUT2D eigenvalue weighted by molar-refractivity contribution is 5.85. The first-order chi connectivity index (χ1) is 13.6. The Morgan fingerprint density at radius 3 is 2.68 bits per heavy atom. The van der Waals surface area contributed by atoms with Crippen LogP contribution in [0.3, 0.4) is 0 Å². The highest BCUT2D eigenvalue weighted by Crippen LogP contribution is 2.50. The Balaban J connectivity index is 1.56. The molecule has 4 aliphatic rings. The van der Waals surface area contributed by atoms with E-state index in [0.717, 1.165) is 53.2 Å². The molecule has 0 radical (unpaired) electrons. The van der Waals surface area contributed by atoms with Gasteiger partial charge in [-0.15, -0.1) is 0 Å². The highest BCUT2D eigenvalue weighted by atomic mass is 16.5. The van der Waals surface area contributed by atoms with Gasteiger partial charge in [0.05, 0.1) is 26.4 Å². The molecule has 0 N–H and O–H groups in total. The van der Waals surface area contributed by atoms with Crippen molar-refractivity contribution in [2.24, 2.45) is 5.92 Å². The maximum Gasteiger partial charge on any atom is 0.169 e. The number of fused-ring (bicyclic) bond motifs is 5. The lowest BCUT2D eigenvalue weighted by Gasteiger charge is -2.35. The van der Waals surface area contributed by atoms with E-state index >= 15 is 0 Å². The van der Waals surface area contributed by atoms with Crippen molar-refractivity contribution in [2.75, 3.05) is 14.2 Å². The molecule has 5 rings (SSSR count). The van der Waals surface area contributed by atoms with Gasteiger partial charge in [-0.1, -0.05) is 18.2 Å². The zero-order valence-corrected chi connectivity index (χ0v) is 16.4. The summed E-state index contributed by atoms with van der Waals surface area (Å²) in [6.07, 6.45) is 7.10. The fourth-order valence-corrected chi connectivity index (χ4v) is 4.50. The minimum absolute atomic E-state index is 0.0919. The molecule has 1 saturated heterocycles. The molecule has 0 aromatic heterocycles. The van der Waals surface area contributed by atoms with Crippen LogP contribution in [-0.4, -0.2) is 26.4 Å². The van der Waals surface area contributed by atoms with E-state index in [0.29, 0.717) is 11.5 Å². The monoisotopic (exact) mass is 380 g/mol. The van der Waals surface area contributed by atoms with Crippen LogP contribution in [0.1, 0.15) is 31.7 Å². The van der Waals surface area contributed by atoms with Crippen molar-refractivity contribution in [1.29, 1.82) is 0 Å². The molecule has 28 heavy (non-hydrogen) atoms. The van der Waals surface area contributed by atoms with Gasteiger partial charge in [-0.2, -0.15) is 0 Å². The van der Waals surface area contributed by atoms with Crippen molar-refractivity contribution in [3.8, 4) is 17.2 Å². The van der Waals surface area contributed by atoms with Gasteiger partial charge in [0.2, 0.25) is 0 Å². The zero-order valence-electron chi connectivity index (χ0n) is 16.4. The largest absolute Gasteiger partial charge is 0.493 e. The van der Waals surface area contributed by atoms with E-state index in [9.17, 15) is 0 Å². The Hall–Kier alpha value is -2.66. The van der Waals surface area contributed by atoms with Gasteiger partial charge in [-0.3, -0.25) is 0 Å². The third-order valence-corrected chi connectivity index (χ3v) is 5.99. The van der Waals surface area contributed by atoms with Crippen LogP contribution < -0.4 is 14.2 Å². The van der Waals surface area contributed by atoms with Crippen LogP contribution in [0.5, 0.6) is 17.2 Å². The molecule has 3 aliphatic heterocycles. The summed E-state index contributed by atoms with van der Waals surface area (Å²) in [4.78, 5) is 0. The molecule has 3 unspecified atom stereocenters. The minimum atomic E-state index is 0.0919. The van der Waals surface area contributed by atoms with Crippen LogP contribution in [-0.2, 0) is 9.47 Å². The van der Waals surface area contributed by atoms with E-state index in [1.165, 1.54) is 5.57 Å². The summed E-state index contributed by atoms with van der Waals surface area (Å²) in [7, 11) is 3.26. The van der Waals surface area contributed by atoms with Gasteiger partial charge >= 0.3 is 0 Å². The van der Waals surface area contributed by atoms with Crippen LogP contribution in [0, 0.1) is 5.92 Å². The fourth-order valence-electron chi connectivity index (χ4n) is 4.50. The molecule has 1 aromatic carbocycles. The fraction of sp³-hybridized carbons (Fsp3) is 0.391. The number of methoxy groups -OCH3 is 2. The van der Waals surface area contributed by atoms with Gasteiger partial charge in [-0.05, 0) is 25.8 Å². The number of hydrogen-bond acceptors (Lipinski definition) is 5.